The van der Waals surface area contributed by atoms with Crippen molar-refractivity contribution in [3.05, 3.63) is 75.9 Å². The molecule has 0 atom stereocenters. The number of halogens is 2. The molecule has 2 aromatic carbocycles. The van der Waals surface area contributed by atoms with E-state index in [1.54, 1.807) is 36.5 Å². The molecule has 4 aromatic rings. The lowest BCUT2D eigenvalue weighted by molar-refractivity contribution is -0.111. The zero-order chi connectivity index (χ0) is 22.0. The van der Waals surface area contributed by atoms with Crippen LogP contribution in [0, 0.1) is 6.92 Å². The molecule has 31 heavy (non-hydrogen) atoms. The fourth-order valence-corrected chi connectivity index (χ4v) is 3.73. The summed E-state index contributed by atoms with van der Waals surface area (Å²) < 4.78 is 11.1. The summed E-state index contributed by atoms with van der Waals surface area (Å²) in [6, 6.07) is 12.4. The summed E-state index contributed by atoms with van der Waals surface area (Å²) in [5, 5.41) is 3.69. The first kappa shape index (κ1) is 20.9. The molecule has 0 spiro atoms. The van der Waals surface area contributed by atoms with Crippen molar-refractivity contribution >= 4 is 52.1 Å². The fraction of sp³-hybridized carbons (Fsp3) is 0.0870. The highest BCUT2D eigenvalue weighted by Gasteiger charge is 2.14. The Morgan fingerprint density at radius 3 is 2.81 bits per heavy atom. The highest BCUT2D eigenvalue weighted by molar-refractivity contribution is 6.36. The number of pyridine rings is 1. The van der Waals surface area contributed by atoms with Crippen molar-refractivity contribution in [1.29, 1.82) is 0 Å². The molecule has 6 nitrogen and oxygen atoms in total. The first-order valence-electron chi connectivity index (χ1n) is 9.30. The maximum Gasteiger partial charge on any atom is 0.248 e. The molecule has 0 unspecified atom stereocenters. The van der Waals surface area contributed by atoms with Crippen molar-refractivity contribution in [3.8, 4) is 17.2 Å². The number of oxazole rings is 1. The normalized spacial score (nSPS) is 11.2. The van der Waals surface area contributed by atoms with E-state index in [2.05, 4.69) is 15.3 Å². The van der Waals surface area contributed by atoms with E-state index in [0.717, 1.165) is 11.1 Å². The number of nitrogens with one attached hydrogen (secondary N) is 1. The van der Waals surface area contributed by atoms with Crippen LogP contribution < -0.4 is 10.1 Å². The molecule has 8 heteroatoms. The number of methoxy groups -OCH3 is 1. The Bertz CT molecular complexity index is 1280. The van der Waals surface area contributed by atoms with Gasteiger partial charge in [-0.25, -0.2) is 4.98 Å². The number of fused-ring (bicyclic) bond motifs is 1. The quantitative estimate of drug-likeness (QED) is 0.365. The molecule has 0 radical (unpaired) electrons. The molecule has 0 fully saturated rings. The molecule has 0 aliphatic heterocycles. The summed E-state index contributed by atoms with van der Waals surface area (Å²) in [7, 11) is 1.50. The van der Waals surface area contributed by atoms with Crippen molar-refractivity contribution in [2.45, 2.75) is 6.92 Å². The Labute approximate surface area is 188 Å². The molecule has 0 saturated heterocycles. The average Bonchev–Trinajstić information content (AvgIpc) is 3.17. The van der Waals surface area contributed by atoms with E-state index in [9.17, 15) is 4.79 Å². The summed E-state index contributed by atoms with van der Waals surface area (Å²) in [5.41, 5.74) is 3.95. The molecule has 1 N–H and O–H groups in total. The van der Waals surface area contributed by atoms with Crippen molar-refractivity contribution in [2.24, 2.45) is 0 Å². The molecular formula is C23H17Cl2N3O3. The predicted molar refractivity (Wildman–Crippen MR) is 123 cm³/mol. The van der Waals surface area contributed by atoms with Gasteiger partial charge in [0.1, 0.15) is 5.75 Å². The van der Waals surface area contributed by atoms with E-state index < -0.39 is 0 Å². The number of rotatable bonds is 5. The molecule has 1 amide bonds. The summed E-state index contributed by atoms with van der Waals surface area (Å²) in [5.74, 6) is 0.562. The number of hydrogen-bond acceptors (Lipinski definition) is 5. The van der Waals surface area contributed by atoms with Crippen LogP contribution in [0.4, 0.5) is 5.69 Å². The zero-order valence-electron chi connectivity index (χ0n) is 16.6. The van der Waals surface area contributed by atoms with Gasteiger partial charge in [-0.2, -0.15) is 4.98 Å². The van der Waals surface area contributed by atoms with E-state index in [-0.39, 0.29) is 5.91 Å². The highest BCUT2D eigenvalue weighted by atomic mass is 35.5. The Balaban J connectivity index is 1.58. The van der Waals surface area contributed by atoms with Gasteiger partial charge in [-0.05, 0) is 55.0 Å². The van der Waals surface area contributed by atoms with Crippen LogP contribution in [0.2, 0.25) is 10.0 Å². The number of nitrogens with zero attached hydrogens (tertiary/aromatic N) is 2. The molecule has 2 heterocycles. The number of anilines is 1. The van der Waals surface area contributed by atoms with Gasteiger partial charge in [0.25, 0.3) is 0 Å². The Kier molecular flexibility index (Phi) is 5.93. The van der Waals surface area contributed by atoms with Gasteiger partial charge in [-0.1, -0.05) is 29.3 Å². The molecule has 156 valence electrons. The first-order chi connectivity index (χ1) is 15.0. The first-order valence-corrected chi connectivity index (χ1v) is 10.1. The number of carbonyl (C=O) groups is 1. The number of amides is 1. The second-order valence-electron chi connectivity index (χ2n) is 6.65. The molecule has 2 aromatic heterocycles. The van der Waals surface area contributed by atoms with Gasteiger partial charge in [-0.3, -0.25) is 4.79 Å². The number of hydrogen-bond donors (Lipinski definition) is 1. The lowest BCUT2D eigenvalue weighted by Gasteiger charge is -2.10. The van der Waals surface area contributed by atoms with Crippen LogP contribution in [0.5, 0.6) is 5.75 Å². The largest absolute Gasteiger partial charge is 0.495 e. The van der Waals surface area contributed by atoms with Crippen LogP contribution in [-0.2, 0) is 4.79 Å². The topological polar surface area (TPSA) is 77.2 Å². The minimum absolute atomic E-state index is 0.322. The van der Waals surface area contributed by atoms with Gasteiger partial charge in [-0.15, -0.1) is 0 Å². The number of aromatic nitrogens is 2. The van der Waals surface area contributed by atoms with Gasteiger partial charge in [0.05, 0.1) is 12.1 Å². The molecule has 0 aliphatic carbocycles. The Hall–Kier alpha value is -3.35. The van der Waals surface area contributed by atoms with Crippen molar-refractivity contribution in [2.75, 3.05) is 12.4 Å². The second-order valence-corrected chi connectivity index (χ2v) is 7.50. The van der Waals surface area contributed by atoms with E-state index in [4.69, 9.17) is 32.4 Å². The van der Waals surface area contributed by atoms with Gasteiger partial charge in [0, 0.05) is 34.1 Å². The monoisotopic (exact) mass is 453 g/mol. The van der Waals surface area contributed by atoms with Gasteiger partial charge in [0.2, 0.25) is 11.8 Å². The Morgan fingerprint density at radius 2 is 2.03 bits per heavy atom. The van der Waals surface area contributed by atoms with Gasteiger partial charge in [0.15, 0.2) is 11.2 Å². The van der Waals surface area contributed by atoms with Crippen LogP contribution in [0.3, 0.4) is 0 Å². The van der Waals surface area contributed by atoms with Crippen molar-refractivity contribution < 1.29 is 13.9 Å². The van der Waals surface area contributed by atoms with Gasteiger partial charge >= 0.3 is 0 Å². The second kappa shape index (κ2) is 8.79. The van der Waals surface area contributed by atoms with E-state index in [1.807, 2.05) is 25.1 Å². The third-order valence-corrected chi connectivity index (χ3v) is 5.14. The van der Waals surface area contributed by atoms with Crippen LogP contribution in [0.25, 0.3) is 28.8 Å². The number of benzene rings is 2. The van der Waals surface area contributed by atoms with E-state index in [0.29, 0.717) is 44.2 Å². The van der Waals surface area contributed by atoms with Crippen LogP contribution >= 0.6 is 23.2 Å². The standard InChI is InChI=1S/C23H17Cl2N3O3/c1-13-16(23-28-22-19(31-23)7-4-10-26-22)5-3-6-18(13)27-20(29)9-8-14-11-15(24)12-17(25)21(14)30-2/h3-12H,1-2H3,(H,27,29). The molecular weight excluding hydrogens is 437 g/mol. The van der Waals surface area contributed by atoms with E-state index in [1.165, 1.54) is 13.2 Å². The van der Waals surface area contributed by atoms with Gasteiger partial charge < -0.3 is 14.5 Å². The SMILES string of the molecule is COc1c(Cl)cc(Cl)cc1C=CC(=O)Nc1cccc(-c2nc3ncccc3o2)c1C. The van der Waals surface area contributed by atoms with Crippen molar-refractivity contribution in [1.82, 2.24) is 9.97 Å². The van der Waals surface area contributed by atoms with Crippen molar-refractivity contribution in [3.63, 3.8) is 0 Å². The molecule has 0 saturated carbocycles. The summed E-state index contributed by atoms with van der Waals surface area (Å²) in [6.07, 6.45) is 4.64. The summed E-state index contributed by atoms with van der Waals surface area (Å²) in [4.78, 5) is 21.2. The third kappa shape index (κ3) is 4.40. The van der Waals surface area contributed by atoms with Crippen LogP contribution in [0.15, 0.2) is 59.2 Å². The van der Waals surface area contributed by atoms with E-state index >= 15 is 0 Å². The number of ether oxygens (including phenoxy) is 1. The smallest absolute Gasteiger partial charge is 0.248 e. The number of carbonyl (C=O) groups excluding carboxylic acids is 1. The molecule has 0 bridgehead atoms. The average molecular weight is 454 g/mol. The highest BCUT2D eigenvalue weighted by Crippen LogP contribution is 2.33. The van der Waals surface area contributed by atoms with Crippen LogP contribution in [0.1, 0.15) is 11.1 Å². The zero-order valence-corrected chi connectivity index (χ0v) is 18.2. The minimum atomic E-state index is -0.322. The van der Waals surface area contributed by atoms with Crippen LogP contribution in [-0.4, -0.2) is 23.0 Å². The maximum absolute atomic E-state index is 12.5. The third-order valence-electron chi connectivity index (χ3n) is 4.64. The fourth-order valence-electron chi connectivity index (χ4n) is 3.15. The molecule has 4 rings (SSSR count). The Morgan fingerprint density at radius 1 is 1.19 bits per heavy atom. The summed E-state index contributed by atoms with van der Waals surface area (Å²) in [6.45, 7) is 1.89. The molecule has 0 aliphatic rings. The predicted octanol–water partition coefficient (Wildman–Crippen LogP) is 6.17. The lowest BCUT2D eigenvalue weighted by Crippen LogP contribution is -2.09. The minimum Gasteiger partial charge on any atom is -0.495 e. The maximum atomic E-state index is 12.5. The summed E-state index contributed by atoms with van der Waals surface area (Å²) >= 11 is 12.2. The lowest BCUT2D eigenvalue weighted by atomic mass is 10.1.